The van der Waals surface area contributed by atoms with Crippen LogP contribution in [0.4, 0.5) is 0 Å². The predicted molar refractivity (Wildman–Crippen MR) is 74.0 cm³/mol. The number of ether oxygens (including phenoxy) is 2. The van der Waals surface area contributed by atoms with Gasteiger partial charge < -0.3 is 29.9 Å². The first-order chi connectivity index (χ1) is 10.0. The lowest BCUT2D eigenvalue weighted by Gasteiger charge is -2.39. The third kappa shape index (κ3) is 5.68. The lowest BCUT2D eigenvalue weighted by Crippen LogP contribution is -2.59. The van der Waals surface area contributed by atoms with E-state index >= 15 is 0 Å². The highest BCUT2D eigenvalue weighted by Gasteiger charge is 2.43. The lowest BCUT2D eigenvalue weighted by atomic mass is 9.99. The number of carbonyl (C=O) groups is 1. The molecule has 10 heteroatoms. The summed E-state index contributed by atoms with van der Waals surface area (Å²) in [6.07, 6.45) is -6.03. The van der Waals surface area contributed by atoms with Crippen LogP contribution in [-0.2, 0) is 14.3 Å². The van der Waals surface area contributed by atoms with Crippen LogP contribution in [0, 0.1) is 0 Å². The summed E-state index contributed by atoms with van der Waals surface area (Å²) in [6, 6.07) is 0. The molecule has 1 rings (SSSR count). The van der Waals surface area contributed by atoms with Crippen molar-refractivity contribution in [3.63, 3.8) is 0 Å². The van der Waals surface area contributed by atoms with Gasteiger partial charge in [0, 0.05) is 17.9 Å². The number of carbonyl (C=O) groups excluding carboxylic acids is 1. The Labute approximate surface area is 126 Å². The molecule has 21 heavy (non-hydrogen) atoms. The van der Waals surface area contributed by atoms with E-state index in [1.165, 1.54) is 11.8 Å². The summed E-state index contributed by atoms with van der Waals surface area (Å²) in [5.41, 5.74) is 2.02. The topological polar surface area (TPSA) is 154 Å². The third-order valence-corrected chi connectivity index (χ3v) is 3.94. The van der Waals surface area contributed by atoms with E-state index < -0.39 is 37.3 Å². The van der Waals surface area contributed by atoms with Gasteiger partial charge in [-0.25, -0.2) is 5.84 Å². The van der Waals surface area contributed by atoms with Crippen LogP contribution in [0.2, 0.25) is 0 Å². The molecule has 124 valence electrons. The number of aliphatic hydroxyl groups is 4. The van der Waals surface area contributed by atoms with Crippen molar-refractivity contribution in [1.82, 2.24) is 5.43 Å². The second-order valence-electron chi connectivity index (χ2n) is 4.50. The summed E-state index contributed by atoms with van der Waals surface area (Å²) < 4.78 is 10.4. The average molecular weight is 326 g/mol. The maximum atomic E-state index is 10.9. The SMILES string of the molecule is NNC(=O)CCSCCO[C@H]1O[C@H](CO)[C@H](O)[C@H](O)[C@H]1O. The first-order valence-corrected chi connectivity index (χ1v) is 7.66. The van der Waals surface area contributed by atoms with Crippen molar-refractivity contribution in [1.29, 1.82) is 0 Å². The molecule has 0 saturated carbocycles. The highest BCUT2D eigenvalue weighted by atomic mass is 32.2. The number of thioether (sulfide) groups is 1. The zero-order valence-corrected chi connectivity index (χ0v) is 12.2. The Bertz CT molecular complexity index is 321. The molecule has 0 bridgehead atoms. The molecule has 1 aliphatic heterocycles. The molecular weight excluding hydrogens is 304 g/mol. The van der Waals surface area contributed by atoms with E-state index in [4.69, 9.17) is 20.4 Å². The molecule has 1 amide bonds. The molecule has 1 heterocycles. The molecule has 1 fully saturated rings. The zero-order valence-electron chi connectivity index (χ0n) is 11.4. The monoisotopic (exact) mass is 326 g/mol. The summed E-state index contributed by atoms with van der Waals surface area (Å²) in [5, 5.41) is 37.9. The fourth-order valence-corrected chi connectivity index (χ4v) is 2.52. The fourth-order valence-electron chi connectivity index (χ4n) is 1.77. The van der Waals surface area contributed by atoms with Gasteiger partial charge in [0.15, 0.2) is 6.29 Å². The Morgan fingerprint density at radius 1 is 1.24 bits per heavy atom. The molecule has 0 aromatic rings. The van der Waals surface area contributed by atoms with Crippen LogP contribution in [0.3, 0.4) is 0 Å². The summed E-state index contributed by atoms with van der Waals surface area (Å²) >= 11 is 1.45. The average Bonchev–Trinajstić information content (AvgIpc) is 2.50. The van der Waals surface area contributed by atoms with Gasteiger partial charge in [0.2, 0.25) is 5.91 Å². The highest BCUT2D eigenvalue weighted by Crippen LogP contribution is 2.22. The van der Waals surface area contributed by atoms with Crippen LogP contribution >= 0.6 is 11.8 Å². The van der Waals surface area contributed by atoms with E-state index in [0.29, 0.717) is 17.9 Å². The summed E-state index contributed by atoms with van der Waals surface area (Å²) in [4.78, 5) is 10.9. The molecule has 1 saturated heterocycles. The predicted octanol–water partition coefficient (Wildman–Crippen LogP) is -3.08. The summed E-state index contributed by atoms with van der Waals surface area (Å²) in [6.45, 7) is -0.272. The van der Waals surface area contributed by atoms with Gasteiger partial charge in [-0.2, -0.15) is 11.8 Å². The molecule has 0 aromatic heterocycles. The number of rotatable bonds is 8. The normalized spacial score (nSPS) is 32.9. The summed E-state index contributed by atoms with van der Waals surface area (Å²) in [5.74, 6) is 5.80. The standard InChI is InChI=1S/C11H22N2O7S/c12-13-7(15)1-3-21-4-2-19-11-10(18)9(17)8(16)6(5-14)20-11/h6,8-11,14,16-18H,1-5,12H2,(H,13,15)/t6-,8+,9+,10-,11+/m1/s1. The molecule has 0 aromatic carbocycles. The molecule has 0 radical (unpaired) electrons. The summed E-state index contributed by atoms with van der Waals surface area (Å²) in [7, 11) is 0. The largest absolute Gasteiger partial charge is 0.394 e. The van der Waals surface area contributed by atoms with Crippen molar-refractivity contribution in [2.45, 2.75) is 37.1 Å². The van der Waals surface area contributed by atoms with Crippen molar-refractivity contribution in [3.05, 3.63) is 0 Å². The number of hydrazine groups is 1. The van der Waals surface area contributed by atoms with Crippen LogP contribution < -0.4 is 11.3 Å². The quantitative estimate of drug-likeness (QED) is 0.118. The molecule has 7 N–H and O–H groups in total. The zero-order chi connectivity index (χ0) is 15.8. The Kier molecular flexibility index (Phi) is 8.44. The van der Waals surface area contributed by atoms with Crippen LogP contribution in [0.1, 0.15) is 6.42 Å². The van der Waals surface area contributed by atoms with Crippen molar-refractivity contribution in [2.75, 3.05) is 24.7 Å². The van der Waals surface area contributed by atoms with Gasteiger partial charge in [-0.1, -0.05) is 0 Å². The van der Waals surface area contributed by atoms with Gasteiger partial charge in [0.05, 0.1) is 13.2 Å². The van der Waals surface area contributed by atoms with Crippen LogP contribution in [0.5, 0.6) is 0 Å². The number of hydrogen-bond donors (Lipinski definition) is 6. The van der Waals surface area contributed by atoms with Crippen molar-refractivity contribution in [2.24, 2.45) is 5.84 Å². The minimum Gasteiger partial charge on any atom is -0.394 e. The van der Waals surface area contributed by atoms with E-state index in [0.717, 1.165) is 0 Å². The van der Waals surface area contributed by atoms with E-state index in [9.17, 15) is 20.1 Å². The number of hydrogen-bond acceptors (Lipinski definition) is 9. The van der Waals surface area contributed by atoms with Crippen LogP contribution in [-0.4, -0.2) is 81.8 Å². The first-order valence-electron chi connectivity index (χ1n) is 6.50. The van der Waals surface area contributed by atoms with Crippen LogP contribution in [0.25, 0.3) is 0 Å². The minimum atomic E-state index is -1.44. The Hall–Kier alpha value is -0.460. The number of aliphatic hydroxyl groups excluding tert-OH is 4. The van der Waals surface area contributed by atoms with Crippen molar-refractivity contribution >= 4 is 17.7 Å². The van der Waals surface area contributed by atoms with Gasteiger partial charge in [-0.3, -0.25) is 10.2 Å². The fraction of sp³-hybridized carbons (Fsp3) is 0.909. The van der Waals surface area contributed by atoms with Gasteiger partial charge in [0.25, 0.3) is 0 Å². The van der Waals surface area contributed by atoms with Crippen molar-refractivity contribution < 1.29 is 34.7 Å². The Morgan fingerprint density at radius 2 is 1.95 bits per heavy atom. The second-order valence-corrected chi connectivity index (χ2v) is 5.72. The van der Waals surface area contributed by atoms with E-state index in [1.54, 1.807) is 0 Å². The van der Waals surface area contributed by atoms with E-state index in [2.05, 4.69) is 0 Å². The lowest BCUT2D eigenvalue weighted by molar-refractivity contribution is -0.299. The molecule has 5 atom stereocenters. The highest BCUT2D eigenvalue weighted by molar-refractivity contribution is 7.99. The molecule has 9 nitrogen and oxygen atoms in total. The van der Waals surface area contributed by atoms with Gasteiger partial charge >= 0.3 is 0 Å². The van der Waals surface area contributed by atoms with E-state index in [-0.39, 0.29) is 12.5 Å². The van der Waals surface area contributed by atoms with Crippen molar-refractivity contribution in [3.8, 4) is 0 Å². The number of nitrogens with two attached hydrogens (primary N) is 1. The minimum absolute atomic E-state index is 0.220. The third-order valence-electron chi connectivity index (χ3n) is 2.99. The molecule has 0 aliphatic carbocycles. The smallest absolute Gasteiger partial charge is 0.234 e. The van der Waals surface area contributed by atoms with Gasteiger partial charge in [0.1, 0.15) is 24.4 Å². The molecular formula is C11H22N2O7S. The molecule has 0 spiro atoms. The number of amides is 1. The van der Waals surface area contributed by atoms with Gasteiger partial charge in [-0.15, -0.1) is 0 Å². The maximum Gasteiger partial charge on any atom is 0.234 e. The molecule has 1 aliphatic rings. The van der Waals surface area contributed by atoms with Gasteiger partial charge in [-0.05, 0) is 0 Å². The molecule has 0 unspecified atom stereocenters. The Balaban J connectivity index is 2.23. The number of nitrogens with one attached hydrogen (secondary N) is 1. The van der Waals surface area contributed by atoms with E-state index in [1.807, 2.05) is 5.43 Å². The first kappa shape index (κ1) is 18.6. The maximum absolute atomic E-state index is 10.9. The Morgan fingerprint density at radius 3 is 2.57 bits per heavy atom. The van der Waals surface area contributed by atoms with Crippen LogP contribution in [0.15, 0.2) is 0 Å². The second kappa shape index (κ2) is 9.54.